The van der Waals surface area contributed by atoms with Gasteiger partial charge in [-0.3, -0.25) is 4.79 Å². The third kappa shape index (κ3) is 3.40. The molecule has 2 N–H and O–H groups in total. The van der Waals surface area contributed by atoms with Crippen molar-refractivity contribution in [2.75, 3.05) is 0 Å². The van der Waals surface area contributed by atoms with Gasteiger partial charge in [0, 0.05) is 5.56 Å². The summed E-state index contributed by atoms with van der Waals surface area (Å²) < 4.78 is 52.7. The van der Waals surface area contributed by atoms with Crippen molar-refractivity contribution in [2.24, 2.45) is 5.73 Å². The molecule has 0 heterocycles. The van der Waals surface area contributed by atoms with E-state index in [4.69, 9.17) is 10.5 Å². The van der Waals surface area contributed by atoms with Gasteiger partial charge in [-0.25, -0.2) is 8.42 Å². The lowest BCUT2D eigenvalue weighted by molar-refractivity contribution is 0.100. The SMILES string of the molecule is NC(=O)c1ccc(Oc2ccc(S(=O)(=O)C(F)F)cc2)cc1. The van der Waals surface area contributed by atoms with Gasteiger partial charge in [-0.05, 0) is 48.5 Å². The minimum absolute atomic E-state index is 0.264. The molecule has 0 fully saturated rings. The lowest BCUT2D eigenvalue weighted by atomic mass is 10.2. The number of hydrogen-bond donors (Lipinski definition) is 1. The van der Waals surface area contributed by atoms with Gasteiger partial charge in [0.2, 0.25) is 15.7 Å². The highest BCUT2D eigenvalue weighted by Gasteiger charge is 2.26. The minimum atomic E-state index is -4.62. The average molecular weight is 327 g/mol. The molecule has 1 amide bonds. The number of primary amides is 1. The highest BCUT2D eigenvalue weighted by Crippen LogP contribution is 2.25. The van der Waals surface area contributed by atoms with Gasteiger partial charge in [0.05, 0.1) is 4.90 Å². The van der Waals surface area contributed by atoms with Crippen molar-refractivity contribution in [2.45, 2.75) is 10.7 Å². The van der Waals surface area contributed by atoms with Crippen molar-refractivity contribution >= 4 is 15.7 Å². The molecular formula is C14H11F2NO4S. The largest absolute Gasteiger partial charge is 0.457 e. The van der Waals surface area contributed by atoms with Crippen LogP contribution in [0.5, 0.6) is 11.5 Å². The summed E-state index contributed by atoms with van der Waals surface area (Å²) in [7, 11) is -4.62. The second kappa shape index (κ2) is 6.10. The molecule has 0 unspecified atom stereocenters. The molecule has 2 rings (SSSR count). The number of nitrogens with two attached hydrogens (primary N) is 1. The maximum atomic E-state index is 12.4. The van der Waals surface area contributed by atoms with E-state index < -0.39 is 26.4 Å². The van der Waals surface area contributed by atoms with E-state index in [0.29, 0.717) is 11.3 Å². The van der Waals surface area contributed by atoms with Crippen LogP contribution in [0.2, 0.25) is 0 Å². The summed E-state index contributed by atoms with van der Waals surface area (Å²) in [6, 6.07) is 10.5. The smallest absolute Gasteiger partial charge is 0.341 e. The highest BCUT2D eigenvalue weighted by atomic mass is 32.2. The van der Waals surface area contributed by atoms with Crippen LogP contribution in [0.15, 0.2) is 53.4 Å². The van der Waals surface area contributed by atoms with Gasteiger partial charge in [0.25, 0.3) is 0 Å². The lowest BCUT2D eigenvalue weighted by Gasteiger charge is -2.07. The van der Waals surface area contributed by atoms with Gasteiger partial charge in [-0.15, -0.1) is 0 Å². The summed E-state index contributed by atoms with van der Waals surface area (Å²) in [6.07, 6.45) is 0. The summed E-state index contributed by atoms with van der Waals surface area (Å²) in [5.74, 6) is -3.40. The van der Waals surface area contributed by atoms with Gasteiger partial charge in [-0.2, -0.15) is 8.78 Å². The molecule has 22 heavy (non-hydrogen) atoms. The zero-order valence-electron chi connectivity index (χ0n) is 11.1. The Balaban J connectivity index is 2.16. The topological polar surface area (TPSA) is 86.5 Å². The number of halogens is 2. The second-order valence-electron chi connectivity index (χ2n) is 4.27. The Labute approximate surface area is 125 Å². The van der Waals surface area contributed by atoms with E-state index in [9.17, 15) is 22.0 Å². The van der Waals surface area contributed by atoms with Crippen LogP contribution in [0.3, 0.4) is 0 Å². The number of carbonyl (C=O) groups excluding carboxylic acids is 1. The van der Waals surface area contributed by atoms with Crippen molar-refractivity contribution in [3.63, 3.8) is 0 Å². The fourth-order valence-electron chi connectivity index (χ4n) is 1.62. The van der Waals surface area contributed by atoms with E-state index >= 15 is 0 Å². The fourth-order valence-corrected chi connectivity index (χ4v) is 2.34. The Morgan fingerprint density at radius 2 is 1.41 bits per heavy atom. The first-order valence-electron chi connectivity index (χ1n) is 6.00. The first kappa shape index (κ1) is 15.9. The first-order chi connectivity index (χ1) is 10.3. The zero-order valence-corrected chi connectivity index (χ0v) is 11.9. The normalized spacial score (nSPS) is 11.4. The molecule has 0 aliphatic heterocycles. The lowest BCUT2D eigenvalue weighted by Crippen LogP contribution is -2.11. The van der Waals surface area contributed by atoms with Crippen LogP contribution in [0.1, 0.15) is 10.4 Å². The average Bonchev–Trinajstić information content (AvgIpc) is 2.48. The van der Waals surface area contributed by atoms with E-state index in [2.05, 4.69) is 0 Å². The summed E-state index contributed by atoms with van der Waals surface area (Å²) in [5.41, 5.74) is 5.41. The van der Waals surface area contributed by atoms with Crippen LogP contribution in [0.25, 0.3) is 0 Å². The number of carbonyl (C=O) groups is 1. The van der Waals surface area contributed by atoms with E-state index in [1.165, 1.54) is 36.4 Å². The predicted octanol–water partition coefficient (Wildman–Crippen LogP) is 2.57. The summed E-state index contributed by atoms with van der Waals surface area (Å²) >= 11 is 0. The van der Waals surface area contributed by atoms with Crippen molar-refractivity contribution in [3.8, 4) is 11.5 Å². The van der Waals surface area contributed by atoms with Gasteiger partial charge in [-0.1, -0.05) is 0 Å². The van der Waals surface area contributed by atoms with Gasteiger partial charge >= 0.3 is 5.76 Å². The van der Waals surface area contributed by atoms with Crippen LogP contribution >= 0.6 is 0 Å². The molecule has 5 nitrogen and oxygen atoms in total. The van der Waals surface area contributed by atoms with Crippen LogP contribution in [-0.2, 0) is 9.84 Å². The maximum absolute atomic E-state index is 12.4. The number of hydrogen-bond acceptors (Lipinski definition) is 4. The number of ether oxygens (including phenoxy) is 1. The van der Waals surface area contributed by atoms with Crippen molar-refractivity contribution in [1.29, 1.82) is 0 Å². The summed E-state index contributed by atoms with van der Waals surface area (Å²) in [6.45, 7) is 0. The molecule has 0 aliphatic carbocycles. The molecule has 0 saturated carbocycles. The Hall–Kier alpha value is -2.48. The zero-order chi connectivity index (χ0) is 16.3. The molecule has 0 spiro atoms. The molecule has 116 valence electrons. The number of rotatable bonds is 5. The standard InChI is InChI=1S/C14H11F2NO4S/c15-14(16)22(19,20)12-7-5-11(6-8-12)21-10-3-1-9(2-4-10)13(17)18/h1-8,14H,(H2,17,18). The van der Waals surface area contributed by atoms with E-state index in [1.54, 1.807) is 0 Å². The quantitative estimate of drug-likeness (QED) is 0.914. The monoisotopic (exact) mass is 327 g/mol. The van der Waals surface area contributed by atoms with Crippen LogP contribution in [0, 0.1) is 0 Å². The third-order valence-corrected chi connectivity index (χ3v) is 4.16. The molecule has 2 aromatic rings. The second-order valence-corrected chi connectivity index (χ2v) is 6.19. The molecule has 0 aliphatic rings. The van der Waals surface area contributed by atoms with E-state index in [-0.39, 0.29) is 5.75 Å². The molecule has 0 saturated heterocycles. The summed E-state index contributed by atoms with van der Waals surface area (Å²) in [5, 5.41) is 0. The molecule has 0 aromatic heterocycles. The van der Waals surface area contributed by atoms with E-state index in [1.807, 2.05) is 0 Å². The van der Waals surface area contributed by atoms with Crippen molar-refractivity contribution in [1.82, 2.24) is 0 Å². The fraction of sp³-hybridized carbons (Fsp3) is 0.0714. The molecule has 0 bridgehead atoms. The van der Waals surface area contributed by atoms with Crippen LogP contribution in [0.4, 0.5) is 8.78 Å². The Bertz CT molecular complexity index is 771. The van der Waals surface area contributed by atoms with E-state index in [0.717, 1.165) is 12.1 Å². The Morgan fingerprint density at radius 1 is 0.955 bits per heavy atom. The highest BCUT2D eigenvalue weighted by molar-refractivity contribution is 7.91. The molecule has 8 heteroatoms. The molecule has 0 atom stereocenters. The number of alkyl halides is 2. The van der Waals surface area contributed by atoms with Gasteiger partial charge < -0.3 is 10.5 Å². The van der Waals surface area contributed by atoms with Crippen molar-refractivity contribution in [3.05, 3.63) is 54.1 Å². The van der Waals surface area contributed by atoms with Crippen molar-refractivity contribution < 1.29 is 26.7 Å². The third-order valence-electron chi connectivity index (χ3n) is 2.76. The number of sulfone groups is 1. The molecule has 0 radical (unpaired) electrons. The minimum Gasteiger partial charge on any atom is -0.457 e. The maximum Gasteiger partial charge on any atom is 0.341 e. The van der Waals surface area contributed by atoms with Crippen LogP contribution in [-0.4, -0.2) is 20.1 Å². The predicted molar refractivity (Wildman–Crippen MR) is 74.7 cm³/mol. The summed E-state index contributed by atoms with van der Waals surface area (Å²) in [4.78, 5) is 10.4. The van der Waals surface area contributed by atoms with Crippen LogP contribution < -0.4 is 10.5 Å². The van der Waals surface area contributed by atoms with Gasteiger partial charge in [0.15, 0.2) is 0 Å². The number of benzene rings is 2. The van der Waals surface area contributed by atoms with Gasteiger partial charge in [0.1, 0.15) is 11.5 Å². The Kier molecular flexibility index (Phi) is 4.41. The Morgan fingerprint density at radius 3 is 1.82 bits per heavy atom. The number of amides is 1. The molecular weight excluding hydrogens is 316 g/mol. The first-order valence-corrected chi connectivity index (χ1v) is 7.55. The molecule has 2 aromatic carbocycles.